The molecule has 1 heterocycles. The lowest BCUT2D eigenvalue weighted by atomic mass is 9.74. The number of rotatable bonds is 4. The van der Waals surface area contributed by atoms with Gasteiger partial charge in [-0.15, -0.1) is 0 Å². The van der Waals surface area contributed by atoms with Crippen molar-refractivity contribution in [3.8, 4) is 0 Å². The van der Waals surface area contributed by atoms with Crippen molar-refractivity contribution in [3.05, 3.63) is 65.6 Å². The Morgan fingerprint density at radius 1 is 1.25 bits per heavy atom. The van der Waals surface area contributed by atoms with Crippen LogP contribution in [-0.2, 0) is 14.3 Å². The Morgan fingerprint density at radius 2 is 2.00 bits per heavy atom. The van der Waals surface area contributed by atoms with Gasteiger partial charge in [0.15, 0.2) is 5.78 Å². The first-order valence-electron chi connectivity index (χ1n) is 8.11. The summed E-state index contributed by atoms with van der Waals surface area (Å²) in [5.41, 5.74) is 2.91. The summed E-state index contributed by atoms with van der Waals surface area (Å²) in [6.45, 7) is 4.01. The first kappa shape index (κ1) is 16.2. The van der Waals surface area contributed by atoms with E-state index in [0.717, 1.165) is 16.7 Å². The number of allylic oxidation sites excluding steroid dienone is 2. The molecule has 0 saturated heterocycles. The second kappa shape index (κ2) is 6.87. The first-order valence-corrected chi connectivity index (χ1v) is 8.11. The van der Waals surface area contributed by atoms with Gasteiger partial charge >= 0.3 is 5.97 Å². The van der Waals surface area contributed by atoms with E-state index in [0.29, 0.717) is 12.2 Å². The van der Waals surface area contributed by atoms with Crippen molar-refractivity contribution in [3.63, 3.8) is 0 Å². The van der Waals surface area contributed by atoms with Gasteiger partial charge in [0.25, 0.3) is 0 Å². The summed E-state index contributed by atoms with van der Waals surface area (Å²) in [6, 6.07) is 11.6. The van der Waals surface area contributed by atoms with Gasteiger partial charge in [0, 0.05) is 5.92 Å². The summed E-state index contributed by atoms with van der Waals surface area (Å²) in [5, 5.41) is 0. The summed E-state index contributed by atoms with van der Waals surface area (Å²) in [5.74, 6) is -1.06. The monoisotopic (exact) mass is 324 g/mol. The molecule has 4 heteroatoms. The van der Waals surface area contributed by atoms with Crippen LogP contribution in [0.25, 0.3) is 5.57 Å². The molecule has 1 aliphatic carbocycles. The van der Waals surface area contributed by atoms with Gasteiger partial charge in [-0.3, -0.25) is 9.59 Å². The molecule has 0 saturated carbocycles. The molecule has 4 nitrogen and oxygen atoms in total. The van der Waals surface area contributed by atoms with Crippen molar-refractivity contribution < 1.29 is 18.7 Å². The Labute approximate surface area is 141 Å². The van der Waals surface area contributed by atoms with E-state index < -0.39 is 11.9 Å². The maximum atomic E-state index is 12.6. The zero-order chi connectivity index (χ0) is 17.1. The Bertz CT molecular complexity index is 753. The van der Waals surface area contributed by atoms with Crippen LogP contribution in [0.15, 0.2) is 53.2 Å². The van der Waals surface area contributed by atoms with Gasteiger partial charge < -0.3 is 9.15 Å². The molecule has 24 heavy (non-hydrogen) atoms. The van der Waals surface area contributed by atoms with E-state index in [4.69, 9.17) is 9.15 Å². The van der Waals surface area contributed by atoms with Crippen LogP contribution in [-0.4, -0.2) is 18.4 Å². The lowest BCUT2D eigenvalue weighted by molar-refractivity contribution is -0.151. The van der Waals surface area contributed by atoms with Crippen LogP contribution in [0.3, 0.4) is 0 Å². The Hall–Kier alpha value is -2.62. The largest absolute Gasteiger partial charge is 0.465 e. The molecular weight excluding hydrogens is 304 g/mol. The van der Waals surface area contributed by atoms with Crippen molar-refractivity contribution in [2.24, 2.45) is 5.92 Å². The Balaban J connectivity index is 2.00. The Morgan fingerprint density at radius 3 is 2.62 bits per heavy atom. The minimum absolute atomic E-state index is 0.225. The van der Waals surface area contributed by atoms with Gasteiger partial charge in [0.1, 0.15) is 11.7 Å². The van der Waals surface area contributed by atoms with Crippen molar-refractivity contribution >= 4 is 17.3 Å². The van der Waals surface area contributed by atoms with E-state index in [-0.39, 0.29) is 18.3 Å². The van der Waals surface area contributed by atoms with Crippen LogP contribution >= 0.6 is 0 Å². The van der Waals surface area contributed by atoms with E-state index in [2.05, 4.69) is 0 Å². The number of furan rings is 1. The molecule has 1 aliphatic rings. The third-order valence-corrected chi connectivity index (χ3v) is 4.35. The van der Waals surface area contributed by atoms with E-state index in [9.17, 15) is 9.59 Å². The molecule has 124 valence electrons. The molecule has 2 atom stereocenters. The van der Waals surface area contributed by atoms with E-state index >= 15 is 0 Å². The highest BCUT2D eigenvalue weighted by Gasteiger charge is 2.40. The predicted molar refractivity (Wildman–Crippen MR) is 90.4 cm³/mol. The molecule has 0 spiro atoms. The lowest BCUT2D eigenvalue weighted by Crippen LogP contribution is -2.34. The third kappa shape index (κ3) is 3.18. The number of carbonyl (C=O) groups excluding carboxylic acids is 2. The van der Waals surface area contributed by atoms with E-state index in [1.54, 1.807) is 19.3 Å². The fourth-order valence-electron chi connectivity index (χ4n) is 3.14. The van der Waals surface area contributed by atoms with Gasteiger partial charge in [0.05, 0.1) is 12.9 Å². The van der Waals surface area contributed by atoms with Crippen molar-refractivity contribution in [2.45, 2.75) is 26.2 Å². The van der Waals surface area contributed by atoms with Gasteiger partial charge in [-0.2, -0.15) is 0 Å². The smallest absolute Gasteiger partial charge is 0.317 e. The van der Waals surface area contributed by atoms with Crippen LogP contribution in [0.5, 0.6) is 0 Å². The standard InChI is InChI=1S/C20H20O4/c1-3-23-20(22)19-16(14-8-6-13(2)7-9-14)11-15(12-17(19)21)18-5-4-10-24-18/h4-10,12,16,19H,3,11H2,1-2H3/t16-,19-/m0/s1. The van der Waals surface area contributed by atoms with E-state index in [1.807, 2.05) is 37.3 Å². The van der Waals surface area contributed by atoms with Crippen LogP contribution in [0, 0.1) is 12.8 Å². The van der Waals surface area contributed by atoms with Crippen LogP contribution < -0.4 is 0 Å². The quantitative estimate of drug-likeness (QED) is 0.632. The SMILES string of the molecule is CCOC(=O)[C@@H]1C(=O)C=C(c2ccco2)C[C@H]1c1ccc(C)cc1. The second-order valence-corrected chi connectivity index (χ2v) is 6.00. The van der Waals surface area contributed by atoms with Crippen molar-refractivity contribution in [1.29, 1.82) is 0 Å². The molecule has 1 aromatic heterocycles. The first-order chi connectivity index (χ1) is 11.6. The number of ketones is 1. The average Bonchev–Trinajstić information content (AvgIpc) is 3.09. The van der Waals surface area contributed by atoms with Gasteiger partial charge in [0.2, 0.25) is 0 Å². The van der Waals surface area contributed by atoms with Crippen molar-refractivity contribution in [2.75, 3.05) is 6.61 Å². The number of hydrogen-bond acceptors (Lipinski definition) is 4. The zero-order valence-corrected chi connectivity index (χ0v) is 13.8. The molecular formula is C20H20O4. The summed E-state index contributed by atoms with van der Waals surface area (Å²) in [7, 11) is 0. The molecule has 0 radical (unpaired) electrons. The number of carbonyl (C=O) groups is 2. The summed E-state index contributed by atoms with van der Waals surface area (Å²) in [6.07, 6.45) is 3.66. The van der Waals surface area contributed by atoms with Gasteiger partial charge in [-0.25, -0.2) is 0 Å². The predicted octanol–water partition coefficient (Wildman–Crippen LogP) is 3.91. The number of benzene rings is 1. The number of aryl methyl sites for hydroxylation is 1. The third-order valence-electron chi connectivity index (χ3n) is 4.35. The highest BCUT2D eigenvalue weighted by atomic mass is 16.5. The van der Waals surface area contributed by atoms with Gasteiger partial charge in [-0.05, 0) is 49.6 Å². The molecule has 0 amide bonds. The number of hydrogen-bond donors (Lipinski definition) is 0. The fourth-order valence-corrected chi connectivity index (χ4v) is 3.14. The number of esters is 1. The normalized spacial score (nSPS) is 20.6. The fraction of sp³-hybridized carbons (Fsp3) is 0.300. The molecule has 0 bridgehead atoms. The van der Waals surface area contributed by atoms with Gasteiger partial charge in [-0.1, -0.05) is 29.8 Å². The molecule has 3 rings (SSSR count). The molecule has 0 unspecified atom stereocenters. The second-order valence-electron chi connectivity index (χ2n) is 6.00. The average molecular weight is 324 g/mol. The molecule has 1 aromatic carbocycles. The minimum Gasteiger partial charge on any atom is -0.465 e. The van der Waals surface area contributed by atoms with Crippen LogP contribution in [0.2, 0.25) is 0 Å². The van der Waals surface area contributed by atoms with Crippen molar-refractivity contribution in [1.82, 2.24) is 0 Å². The topological polar surface area (TPSA) is 56.5 Å². The summed E-state index contributed by atoms with van der Waals surface area (Å²) >= 11 is 0. The lowest BCUT2D eigenvalue weighted by Gasteiger charge is -2.28. The molecule has 0 N–H and O–H groups in total. The highest BCUT2D eigenvalue weighted by molar-refractivity contribution is 6.10. The van der Waals surface area contributed by atoms with Crippen LogP contribution in [0.1, 0.15) is 36.1 Å². The molecule has 0 aliphatic heterocycles. The summed E-state index contributed by atoms with van der Waals surface area (Å²) in [4.78, 5) is 25.0. The highest BCUT2D eigenvalue weighted by Crippen LogP contribution is 2.40. The molecule has 2 aromatic rings. The van der Waals surface area contributed by atoms with E-state index in [1.165, 1.54) is 6.08 Å². The maximum Gasteiger partial charge on any atom is 0.317 e. The maximum absolute atomic E-state index is 12.6. The zero-order valence-electron chi connectivity index (χ0n) is 13.8. The molecule has 0 fully saturated rings. The van der Waals surface area contributed by atoms with Crippen LogP contribution in [0.4, 0.5) is 0 Å². The minimum atomic E-state index is -0.800. The Kier molecular flexibility index (Phi) is 4.65. The number of ether oxygens (including phenoxy) is 1. The summed E-state index contributed by atoms with van der Waals surface area (Å²) < 4.78 is 10.6.